The van der Waals surface area contributed by atoms with Crippen molar-refractivity contribution in [2.24, 2.45) is 5.92 Å². The van der Waals surface area contributed by atoms with E-state index in [0.717, 1.165) is 22.3 Å². The number of benzene rings is 3. The molecular formula is C27H27F2N3O2. The first-order valence-corrected chi connectivity index (χ1v) is 11.5. The van der Waals surface area contributed by atoms with Crippen LogP contribution in [-0.4, -0.2) is 41.0 Å². The van der Waals surface area contributed by atoms with Crippen LogP contribution < -0.4 is 4.74 Å². The molecule has 7 heteroatoms. The van der Waals surface area contributed by atoms with Gasteiger partial charge in [-0.3, -0.25) is 0 Å². The molecule has 0 aliphatic heterocycles. The van der Waals surface area contributed by atoms with Crippen LogP contribution in [0, 0.1) is 5.92 Å². The highest BCUT2D eigenvalue weighted by Gasteiger charge is 2.56. The van der Waals surface area contributed by atoms with Crippen LogP contribution in [-0.2, 0) is 17.7 Å². The molecule has 1 saturated carbocycles. The van der Waals surface area contributed by atoms with E-state index in [-0.39, 0.29) is 6.42 Å². The summed E-state index contributed by atoms with van der Waals surface area (Å²) >= 11 is 0. The summed E-state index contributed by atoms with van der Waals surface area (Å²) in [4.78, 5) is 4.75. The maximum atomic E-state index is 13.5. The SMILES string of the molecule is COCCOc1cccc(-c2nc(CCC3CC3(F)F)n(Cc3ccc4ccccc4c3)n2)c1. The molecule has 5 nitrogen and oxygen atoms in total. The molecule has 4 aromatic rings. The maximum absolute atomic E-state index is 13.5. The van der Waals surface area contributed by atoms with Gasteiger partial charge in [-0.05, 0) is 41.0 Å². The number of aromatic nitrogens is 3. The first kappa shape index (κ1) is 22.5. The number of methoxy groups -OCH3 is 1. The van der Waals surface area contributed by atoms with E-state index in [1.807, 2.05) is 41.1 Å². The summed E-state index contributed by atoms with van der Waals surface area (Å²) in [6.07, 6.45) is 0.841. The fraction of sp³-hybridized carbons (Fsp3) is 0.333. The van der Waals surface area contributed by atoms with Crippen molar-refractivity contribution in [2.75, 3.05) is 20.3 Å². The van der Waals surface area contributed by atoms with Crippen LogP contribution >= 0.6 is 0 Å². The third-order valence-corrected chi connectivity index (χ3v) is 6.22. The molecular weight excluding hydrogens is 436 g/mol. The molecule has 0 amide bonds. The van der Waals surface area contributed by atoms with Gasteiger partial charge < -0.3 is 9.47 Å². The van der Waals surface area contributed by atoms with E-state index in [2.05, 4.69) is 30.3 Å². The summed E-state index contributed by atoms with van der Waals surface area (Å²) < 4.78 is 39.6. The van der Waals surface area contributed by atoms with Gasteiger partial charge in [0.2, 0.25) is 0 Å². The Morgan fingerprint density at radius 1 is 1.00 bits per heavy atom. The van der Waals surface area contributed by atoms with Crippen LogP contribution in [0.2, 0.25) is 0 Å². The lowest BCUT2D eigenvalue weighted by molar-refractivity contribution is 0.0969. The average Bonchev–Trinajstić information content (AvgIpc) is 3.26. The van der Waals surface area contributed by atoms with Crippen molar-refractivity contribution >= 4 is 10.8 Å². The zero-order valence-corrected chi connectivity index (χ0v) is 19.1. The number of hydrogen-bond acceptors (Lipinski definition) is 4. The Labute approximate surface area is 197 Å². The number of rotatable bonds is 10. The van der Waals surface area contributed by atoms with Gasteiger partial charge in [0, 0.05) is 31.4 Å². The highest BCUT2D eigenvalue weighted by atomic mass is 19.3. The third-order valence-electron chi connectivity index (χ3n) is 6.22. The van der Waals surface area contributed by atoms with E-state index in [9.17, 15) is 8.78 Å². The monoisotopic (exact) mass is 463 g/mol. The number of nitrogens with zero attached hydrogens (tertiary/aromatic N) is 3. The van der Waals surface area contributed by atoms with Gasteiger partial charge in [0.15, 0.2) is 5.82 Å². The maximum Gasteiger partial charge on any atom is 0.251 e. The van der Waals surface area contributed by atoms with Crippen molar-refractivity contribution < 1.29 is 18.3 Å². The van der Waals surface area contributed by atoms with E-state index in [4.69, 9.17) is 19.6 Å². The Hall–Kier alpha value is -3.32. The number of ether oxygens (including phenoxy) is 2. The van der Waals surface area contributed by atoms with Gasteiger partial charge >= 0.3 is 0 Å². The second kappa shape index (κ2) is 9.50. The van der Waals surface area contributed by atoms with E-state index in [1.165, 1.54) is 5.39 Å². The number of aryl methyl sites for hydroxylation is 1. The zero-order chi connectivity index (χ0) is 23.5. The minimum atomic E-state index is -2.53. The molecule has 1 aliphatic rings. The minimum Gasteiger partial charge on any atom is -0.491 e. The summed E-state index contributed by atoms with van der Waals surface area (Å²) in [6, 6.07) is 22.1. The number of hydrogen-bond donors (Lipinski definition) is 0. The van der Waals surface area contributed by atoms with E-state index in [0.29, 0.717) is 44.2 Å². The molecule has 34 heavy (non-hydrogen) atoms. The first-order valence-electron chi connectivity index (χ1n) is 11.5. The largest absolute Gasteiger partial charge is 0.491 e. The van der Waals surface area contributed by atoms with Crippen molar-refractivity contribution in [2.45, 2.75) is 31.7 Å². The molecule has 1 heterocycles. The zero-order valence-electron chi connectivity index (χ0n) is 19.1. The predicted octanol–water partition coefficient (Wildman–Crippen LogP) is 5.76. The first-order chi connectivity index (χ1) is 16.5. The molecule has 0 radical (unpaired) electrons. The highest BCUT2D eigenvalue weighted by molar-refractivity contribution is 5.83. The Morgan fingerprint density at radius 3 is 2.62 bits per heavy atom. The Morgan fingerprint density at radius 2 is 1.82 bits per heavy atom. The van der Waals surface area contributed by atoms with Crippen LogP contribution in [0.3, 0.4) is 0 Å². The van der Waals surface area contributed by atoms with Gasteiger partial charge in [0.1, 0.15) is 18.2 Å². The fourth-order valence-corrected chi connectivity index (χ4v) is 4.17. The Kier molecular flexibility index (Phi) is 6.28. The number of fused-ring (bicyclic) bond motifs is 1. The molecule has 1 fully saturated rings. The lowest BCUT2D eigenvalue weighted by atomic mass is 10.1. The van der Waals surface area contributed by atoms with Crippen molar-refractivity contribution in [3.63, 3.8) is 0 Å². The summed E-state index contributed by atoms with van der Waals surface area (Å²) in [5.74, 6) is -1.09. The molecule has 1 atom stereocenters. The summed E-state index contributed by atoms with van der Waals surface area (Å²) in [5, 5.41) is 7.09. The lowest BCUT2D eigenvalue weighted by Crippen LogP contribution is -2.08. The molecule has 1 aliphatic carbocycles. The molecule has 0 bridgehead atoms. The van der Waals surface area contributed by atoms with Crippen LogP contribution in [0.15, 0.2) is 66.7 Å². The molecule has 1 aromatic heterocycles. The fourth-order valence-electron chi connectivity index (χ4n) is 4.17. The standard InChI is InChI=1S/C27H27F2N3O2/c1-33-13-14-34-24-8-4-7-22(16-24)26-30-25(12-11-23-17-27(23,28)29)32(31-26)18-19-9-10-20-5-2-3-6-21(20)15-19/h2-10,15-16,23H,11-14,17-18H2,1H3. The van der Waals surface area contributed by atoms with Crippen LogP contribution in [0.25, 0.3) is 22.2 Å². The topological polar surface area (TPSA) is 49.2 Å². The predicted molar refractivity (Wildman–Crippen MR) is 127 cm³/mol. The van der Waals surface area contributed by atoms with Crippen LogP contribution in [0.4, 0.5) is 8.78 Å². The van der Waals surface area contributed by atoms with Gasteiger partial charge in [0.05, 0.1) is 13.2 Å². The van der Waals surface area contributed by atoms with E-state index in [1.54, 1.807) is 7.11 Å². The van der Waals surface area contributed by atoms with Gasteiger partial charge in [-0.25, -0.2) is 18.4 Å². The van der Waals surface area contributed by atoms with Crippen LogP contribution in [0.5, 0.6) is 5.75 Å². The summed E-state index contributed by atoms with van der Waals surface area (Å²) in [7, 11) is 1.63. The average molecular weight is 464 g/mol. The van der Waals surface area contributed by atoms with Gasteiger partial charge in [0.25, 0.3) is 5.92 Å². The smallest absolute Gasteiger partial charge is 0.251 e. The van der Waals surface area contributed by atoms with E-state index >= 15 is 0 Å². The molecule has 3 aromatic carbocycles. The number of alkyl halides is 2. The highest BCUT2D eigenvalue weighted by Crippen LogP contribution is 2.51. The molecule has 0 spiro atoms. The van der Waals surface area contributed by atoms with Crippen molar-refractivity contribution in [3.05, 3.63) is 78.1 Å². The number of halogens is 2. The van der Waals surface area contributed by atoms with Gasteiger partial charge in [-0.1, -0.05) is 48.5 Å². The van der Waals surface area contributed by atoms with Gasteiger partial charge in [-0.2, -0.15) is 5.10 Å². The van der Waals surface area contributed by atoms with Crippen molar-refractivity contribution in [1.29, 1.82) is 0 Å². The quantitative estimate of drug-likeness (QED) is 0.281. The Balaban J connectivity index is 1.41. The van der Waals surface area contributed by atoms with Crippen molar-refractivity contribution in [1.82, 2.24) is 14.8 Å². The second-order valence-electron chi connectivity index (χ2n) is 8.76. The van der Waals surface area contributed by atoms with E-state index < -0.39 is 11.8 Å². The third kappa shape index (κ3) is 5.09. The molecule has 1 unspecified atom stereocenters. The molecule has 0 N–H and O–H groups in total. The molecule has 176 valence electrons. The summed E-state index contributed by atoms with van der Waals surface area (Å²) in [6.45, 7) is 1.47. The Bertz CT molecular complexity index is 1290. The minimum absolute atomic E-state index is 0.0282. The molecule has 0 saturated heterocycles. The lowest BCUT2D eigenvalue weighted by Gasteiger charge is -2.07. The normalized spacial score (nSPS) is 16.6. The summed E-state index contributed by atoms with van der Waals surface area (Å²) in [5.41, 5.74) is 1.91. The van der Waals surface area contributed by atoms with Crippen LogP contribution in [0.1, 0.15) is 24.2 Å². The molecule has 5 rings (SSSR count). The van der Waals surface area contributed by atoms with Gasteiger partial charge in [-0.15, -0.1) is 0 Å². The second-order valence-corrected chi connectivity index (χ2v) is 8.76. The van der Waals surface area contributed by atoms with Crippen molar-refractivity contribution in [3.8, 4) is 17.1 Å².